The molecule has 0 saturated heterocycles. The molecule has 0 fully saturated rings. The summed E-state index contributed by atoms with van der Waals surface area (Å²) >= 11 is 11.9. The fourth-order valence-corrected chi connectivity index (χ4v) is 2.34. The van der Waals surface area contributed by atoms with E-state index in [1.54, 1.807) is 18.2 Å². The molecule has 0 bridgehead atoms. The van der Waals surface area contributed by atoms with E-state index in [-0.39, 0.29) is 11.8 Å². The predicted octanol–water partition coefficient (Wildman–Crippen LogP) is 3.94. The maximum absolute atomic E-state index is 12.0. The number of anilines is 1. The van der Waals surface area contributed by atoms with Gasteiger partial charge in [0, 0.05) is 6.42 Å². The van der Waals surface area contributed by atoms with Crippen molar-refractivity contribution in [1.82, 2.24) is 0 Å². The predicted molar refractivity (Wildman–Crippen MR) is 81.7 cm³/mol. The van der Waals surface area contributed by atoms with Gasteiger partial charge in [0.05, 0.1) is 15.7 Å². The van der Waals surface area contributed by atoms with Crippen LogP contribution in [0.5, 0.6) is 0 Å². The largest absolute Gasteiger partial charge is 0.330 e. The molecular weight excluding hydrogens is 283 g/mol. The molecule has 1 atom stereocenters. The Morgan fingerprint density at radius 3 is 2.63 bits per heavy atom. The summed E-state index contributed by atoms with van der Waals surface area (Å²) in [6.07, 6.45) is 1.34. The molecule has 1 unspecified atom stereocenters. The highest BCUT2D eigenvalue weighted by Crippen LogP contribution is 2.29. The van der Waals surface area contributed by atoms with Crippen LogP contribution in [0.15, 0.2) is 18.2 Å². The highest BCUT2D eigenvalue weighted by atomic mass is 35.5. The molecule has 106 valence electrons. The summed E-state index contributed by atoms with van der Waals surface area (Å²) < 4.78 is 0. The van der Waals surface area contributed by atoms with Gasteiger partial charge in [-0.1, -0.05) is 43.1 Å². The van der Waals surface area contributed by atoms with Crippen molar-refractivity contribution in [3.05, 3.63) is 28.2 Å². The number of benzene rings is 1. The quantitative estimate of drug-likeness (QED) is 0.836. The number of carbonyl (C=O) groups is 1. The molecule has 1 rings (SSSR count). The summed E-state index contributed by atoms with van der Waals surface area (Å²) in [7, 11) is 0. The van der Waals surface area contributed by atoms with Crippen LogP contribution in [-0.4, -0.2) is 12.5 Å². The van der Waals surface area contributed by atoms with Crippen LogP contribution in [0, 0.1) is 11.8 Å². The molecule has 3 nitrogen and oxygen atoms in total. The number of hydrogen-bond acceptors (Lipinski definition) is 2. The highest BCUT2D eigenvalue weighted by molar-refractivity contribution is 6.43. The molecule has 0 aliphatic carbocycles. The van der Waals surface area contributed by atoms with Crippen LogP contribution in [0.4, 0.5) is 5.69 Å². The van der Waals surface area contributed by atoms with E-state index in [0.717, 1.165) is 6.42 Å². The average molecular weight is 303 g/mol. The van der Waals surface area contributed by atoms with Crippen LogP contribution in [0.1, 0.15) is 26.7 Å². The van der Waals surface area contributed by atoms with Gasteiger partial charge in [-0.05, 0) is 36.9 Å². The topological polar surface area (TPSA) is 55.1 Å². The van der Waals surface area contributed by atoms with E-state index in [2.05, 4.69) is 19.2 Å². The molecule has 0 heterocycles. The van der Waals surface area contributed by atoms with Crippen molar-refractivity contribution < 1.29 is 4.79 Å². The van der Waals surface area contributed by atoms with E-state index in [9.17, 15) is 4.79 Å². The molecule has 0 aliphatic rings. The third-order valence-electron chi connectivity index (χ3n) is 2.84. The van der Waals surface area contributed by atoms with Crippen molar-refractivity contribution >= 4 is 34.8 Å². The van der Waals surface area contributed by atoms with Crippen LogP contribution >= 0.6 is 23.2 Å². The van der Waals surface area contributed by atoms with E-state index in [1.165, 1.54) is 0 Å². The zero-order valence-corrected chi connectivity index (χ0v) is 12.8. The SMILES string of the molecule is CC(C)CC(CN)CC(=O)Nc1cccc(Cl)c1Cl. The first-order chi connectivity index (χ1) is 8.93. The number of nitrogens with two attached hydrogens (primary N) is 1. The van der Waals surface area contributed by atoms with Gasteiger partial charge in [0.15, 0.2) is 0 Å². The fraction of sp³-hybridized carbons (Fsp3) is 0.500. The Hall–Kier alpha value is -0.770. The lowest BCUT2D eigenvalue weighted by Crippen LogP contribution is -2.23. The molecule has 1 aromatic rings. The average Bonchev–Trinajstić information content (AvgIpc) is 2.33. The van der Waals surface area contributed by atoms with Crippen molar-refractivity contribution in [2.24, 2.45) is 17.6 Å². The van der Waals surface area contributed by atoms with Gasteiger partial charge >= 0.3 is 0 Å². The summed E-state index contributed by atoms with van der Waals surface area (Å²) in [6, 6.07) is 5.16. The van der Waals surface area contributed by atoms with Gasteiger partial charge in [0.1, 0.15) is 0 Å². The Morgan fingerprint density at radius 2 is 2.05 bits per heavy atom. The molecule has 5 heteroatoms. The molecule has 1 aromatic carbocycles. The van der Waals surface area contributed by atoms with Gasteiger partial charge in [-0.3, -0.25) is 4.79 Å². The summed E-state index contributed by atoms with van der Waals surface area (Å²) in [5.74, 6) is 0.634. The Labute approximate surface area is 124 Å². The molecule has 1 amide bonds. The normalized spacial score (nSPS) is 12.5. The minimum atomic E-state index is -0.0831. The second-order valence-corrected chi connectivity index (χ2v) is 5.87. The molecule has 0 aromatic heterocycles. The molecule has 0 spiro atoms. The Balaban J connectivity index is 2.62. The maximum Gasteiger partial charge on any atom is 0.224 e. The lowest BCUT2D eigenvalue weighted by Gasteiger charge is -2.17. The Kier molecular flexibility index (Phi) is 6.63. The van der Waals surface area contributed by atoms with E-state index in [0.29, 0.717) is 34.6 Å². The summed E-state index contributed by atoms with van der Waals surface area (Å²) in [6.45, 7) is 4.75. The lowest BCUT2D eigenvalue weighted by atomic mass is 9.94. The Morgan fingerprint density at radius 1 is 1.37 bits per heavy atom. The standard InChI is InChI=1S/C14H20Cl2N2O/c1-9(2)6-10(8-17)7-13(19)18-12-5-3-4-11(15)14(12)16/h3-5,9-10H,6-8,17H2,1-2H3,(H,18,19). The minimum absolute atomic E-state index is 0.0831. The fourth-order valence-electron chi connectivity index (χ4n) is 1.99. The van der Waals surface area contributed by atoms with E-state index in [1.807, 2.05) is 0 Å². The van der Waals surface area contributed by atoms with Crippen LogP contribution in [-0.2, 0) is 4.79 Å². The minimum Gasteiger partial charge on any atom is -0.330 e. The van der Waals surface area contributed by atoms with Crippen LogP contribution in [0.2, 0.25) is 10.0 Å². The second-order valence-electron chi connectivity index (χ2n) is 5.08. The van der Waals surface area contributed by atoms with Gasteiger partial charge in [0.25, 0.3) is 0 Å². The number of rotatable bonds is 6. The zero-order chi connectivity index (χ0) is 14.4. The first-order valence-corrected chi connectivity index (χ1v) is 7.13. The zero-order valence-electron chi connectivity index (χ0n) is 11.2. The van der Waals surface area contributed by atoms with Gasteiger partial charge in [-0.15, -0.1) is 0 Å². The summed E-state index contributed by atoms with van der Waals surface area (Å²) in [5, 5.41) is 3.57. The Bertz CT molecular complexity index is 435. The molecule has 3 N–H and O–H groups in total. The van der Waals surface area contributed by atoms with E-state index in [4.69, 9.17) is 28.9 Å². The first-order valence-electron chi connectivity index (χ1n) is 6.38. The lowest BCUT2D eigenvalue weighted by molar-refractivity contribution is -0.117. The smallest absolute Gasteiger partial charge is 0.224 e. The molecule has 0 aliphatic heterocycles. The number of amides is 1. The van der Waals surface area contributed by atoms with Crippen molar-refractivity contribution in [3.8, 4) is 0 Å². The number of carbonyl (C=O) groups excluding carboxylic acids is 1. The monoisotopic (exact) mass is 302 g/mol. The van der Waals surface area contributed by atoms with E-state index >= 15 is 0 Å². The summed E-state index contributed by atoms with van der Waals surface area (Å²) in [5.41, 5.74) is 6.23. The second kappa shape index (κ2) is 7.73. The maximum atomic E-state index is 12.0. The molecule has 0 saturated carbocycles. The number of halogens is 2. The third kappa shape index (κ3) is 5.39. The molecule has 0 radical (unpaired) electrons. The number of nitrogens with one attached hydrogen (secondary N) is 1. The molecule has 19 heavy (non-hydrogen) atoms. The van der Waals surface area contributed by atoms with Crippen LogP contribution in [0.25, 0.3) is 0 Å². The number of hydrogen-bond donors (Lipinski definition) is 2. The third-order valence-corrected chi connectivity index (χ3v) is 3.66. The van der Waals surface area contributed by atoms with Crippen molar-refractivity contribution in [2.75, 3.05) is 11.9 Å². The van der Waals surface area contributed by atoms with E-state index < -0.39 is 0 Å². The summed E-state index contributed by atoms with van der Waals surface area (Å²) in [4.78, 5) is 12.0. The van der Waals surface area contributed by atoms with Gasteiger partial charge in [-0.2, -0.15) is 0 Å². The van der Waals surface area contributed by atoms with Gasteiger partial charge < -0.3 is 11.1 Å². The van der Waals surface area contributed by atoms with Crippen molar-refractivity contribution in [3.63, 3.8) is 0 Å². The van der Waals surface area contributed by atoms with Crippen LogP contribution < -0.4 is 11.1 Å². The van der Waals surface area contributed by atoms with Gasteiger partial charge in [-0.25, -0.2) is 0 Å². The van der Waals surface area contributed by atoms with Gasteiger partial charge in [0.2, 0.25) is 5.91 Å². The van der Waals surface area contributed by atoms with Crippen molar-refractivity contribution in [2.45, 2.75) is 26.7 Å². The molecular formula is C14H20Cl2N2O. The van der Waals surface area contributed by atoms with Crippen LogP contribution in [0.3, 0.4) is 0 Å². The van der Waals surface area contributed by atoms with Crippen molar-refractivity contribution in [1.29, 1.82) is 0 Å². The first kappa shape index (κ1) is 16.3. The highest BCUT2D eigenvalue weighted by Gasteiger charge is 2.15.